The fourth-order valence-electron chi connectivity index (χ4n) is 2.11. The van der Waals surface area contributed by atoms with Gasteiger partial charge < -0.3 is 20.1 Å². The first-order chi connectivity index (χ1) is 11.1. The molecule has 0 aliphatic carbocycles. The molecule has 23 heavy (non-hydrogen) atoms. The molecular weight excluding hydrogens is 302 g/mol. The Morgan fingerprint density at radius 2 is 2.00 bits per heavy atom. The van der Waals surface area contributed by atoms with E-state index in [0.717, 1.165) is 5.56 Å². The zero-order chi connectivity index (χ0) is 16.2. The van der Waals surface area contributed by atoms with Crippen molar-refractivity contribution >= 4 is 17.4 Å². The Morgan fingerprint density at radius 3 is 2.83 bits per heavy atom. The van der Waals surface area contributed by atoms with Gasteiger partial charge in [0.15, 0.2) is 11.5 Å². The Morgan fingerprint density at radius 1 is 1.17 bits per heavy atom. The third-order valence-electron chi connectivity index (χ3n) is 3.20. The molecule has 2 aromatic carbocycles. The minimum Gasteiger partial charge on any atom is -0.454 e. The van der Waals surface area contributed by atoms with Crippen molar-refractivity contribution in [3.05, 3.63) is 58.1 Å². The predicted molar refractivity (Wildman–Crippen MR) is 81.5 cm³/mol. The predicted octanol–water partition coefficient (Wildman–Crippen LogP) is 2.65. The molecule has 1 heterocycles. The lowest BCUT2D eigenvalue weighted by Gasteiger charge is -2.08. The molecule has 0 fully saturated rings. The van der Waals surface area contributed by atoms with Crippen LogP contribution in [0.1, 0.15) is 5.56 Å². The van der Waals surface area contributed by atoms with Crippen LogP contribution in [0, 0.1) is 10.1 Å². The summed E-state index contributed by atoms with van der Waals surface area (Å²) in [7, 11) is 0. The Kier molecular flexibility index (Phi) is 3.96. The number of nitrogens with zero attached hydrogens (tertiary/aromatic N) is 1. The highest BCUT2D eigenvalue weighted by Gasteiger charge is 2.13. The molecule has 2 aromatic rings. The summed E-state index contributed by atoms with van der Waals surface area (Å²) in [5.41, 5.74) is 1.12. The lowest BCUT2D eigenvalue weighted by molar-refractivity contribution is -0.384. The van der Waals surface area contributed by atoms with Crippen molar-refractivity contribution in [3.8, 4) is 11.5 Å². The van der Waals surface area contributed by atoms with Crippen molar-refractivity contribution in [3.63, 3.8) is 0 Å². The molecule has 0 atom stereocenters. The van der Waals surface area contributed by atoms with Crippen LogP contribution in [0.4, 0.5) is 16.2 Å². The maximum absolute atomic E-state index is 11.9. The van der Waals surface area contributed by atoms with Gasteiger partial charge in [-0.3, -0.25) is 10.1 Å². The van der Waals surface area contributed by atoms with Crippen molar-refractivity contribution in [1.82, 2.24) is 5.32 Å². The van der Waals surface area contributed by atoms with Gasteiger partial charge in [0, 0.05) is 24.4 Å². The molecule has 0 unspecified atom stereocenters. The molecule has 3 rings (SSSR count). The third-order valence-corrected chi connectivity index (χ3v) is 3.20. The van der Waals surface area contributed by atoms with Crippen LogP contribution >= 0.6 is 0 Å². The number of nitro benzene ring substituents is 1. The second-order valence-electron chi connectivity index (χ2n) is 4.80. The highest BCUT2D eigenvalue weighted by atomic mass is 16.7. The average molecular weight is 315 g/mol. The molecule has 0 radical (unpaired) electrons. The molecule has 2 amide bonds. The van der Waals surface area contributed by atoms with E-state index in [4.69, 9.17) is 9.47 Å². The number of urea groups is 1. The minimum atomic E-state index is -0.518. The van der Waals surface area contributed by atoms with E-state index >= 15 is 0 Å². The first kappa shape index (κ1) is 14.6. The molecule has 0 saturated heterocycles. The molecule has 1 aliphatic heterocycles. The SMILES string of the molecule is O=C(NCc1ccc2c(c1)OCO2)Nc1cccc([N+](=O)[O-])c1. The normalized spacial score (nSPS) is 11.8. The number of hydrogen-bond donors (Lipinski definition) is 2. The second kappa shape index (κ2) is 6.22. The van der Waals surface area contributed by atoms with Gasteiger partial charge >= 0.3 is 6.03 Å². The molecular formula is C15H13N3O5. The minimum absolute atomic E-state index is 0.0847. The summed E-state index contributed by atoms with van der Waals surface area (Å²) in [4.78, 5) is 22.0. The zero-order valence-electron chi connectivity index (χ0n) is 11.9. The summed E-state index contributed by atoms with van der Waals surface area (Å²) in [6.45, 7) is 0.483. The number of carbonyl (C=O) groups is 1. The molecule has 1 aliphatic rings. The number of non-ortho nitro benzene ring substituents is 1. The van der Waals surface area contributed by atoms with Crippen LogP contribution in [0.5, 0.6) is 11.5 Å². The number of hydrogen-bond acceptors (Lipinski definition) is 5. The monoisotopic (exact) mass is 315 g/mol. The maximum atomic E-state index is 11.9. The number of fused-ring (bicyclic) bond motifs is 1. The van der Waals surface area contributed by atoms with Gasteiger partial charge in [0.25, 0.3) is 5.69 Å². The Labute approximate surface area is 131 Å². The van der Waals surface area contributed by atoms with Gasteiger partial charge in [-0.1, -0.05) is 12.1 Å². The fraction of sp³-hybridized carbons (Fsp3) is 0.133. The van der Waals surface area contributed by atoms with E-state index < -0.39 is 11.0 Å². The van der Waals surface area contributed by atoms with Crippen LogP contribution < -0.4 is 20.1 Å². The molecule has 2 N–H and O–H groups in total. The highest BCUT2D eigenvalue weighted by Crippen LogP contribution is 2.32. The fourth-order valence-corrected chi connectivity index (χ4v) is 2.11. The summed E-state index contributed by atoms with van der Waals surface area (Å²) in [6, 6.07) is 10.7. The van der Waals surface area contributed by atoms with E-state index in [9.17, 15) is 14.9 Å². The average Bonchev–Trinajstić information content (AvgIpc) is 3.01. The van der Waals surface area contributed by atoms with E-state index in [2.05, 4.69) is 10.6 Å². The molecule has 0 spiro atoms. The number of nitro groups is 1. The van der Waals surface area contributed by atoms with Crippen molar-refractivity contribution < 1.29 is 19.2 Å². The first-order valence-corrected chi connectivity index (χ1v) is 6.79. The zero-order valence-corrected chi connectivity index (χ0v) is 11.9. The number of ether oxygens (including phenoxy) is 2. The van der Waals surface area contributed by atoms with Gasteiger partial charge in [0.05, 0.1) is 4.92 Å². The summed E-state index contributed by atoms with van der Waals surface area (Å²) in [5, 5.41) is 15.9. The smallest absolute Gasteiger partial charge is 0.319 e. The maximum Gasteiger partial charge on any atom is 0.319 e. The number of nitrogens with one attached hydrogen (secondary N) is 2. The largest absolute Gasteiger partial charge is 0.454 e. The van der Waals surface area contributed by atoms with Crippen LogP contribution in [-0.4, -0.2) is 17.7 Å². The van der Waals surface area contributed by atoms with Crippen molar-refractivity contribution in [2.24, 2.45) is 0 Å². The number of rotatable bonds is 4. The van der Waals surface area contributed by atoms with Crippen LogP contribution in [0.2, 0.25) is 0 Å². The summed E-state index contributed by atoms with van der Waals surface area (Å²) in [5.74, 6) is 1.32. The molecule has 0 aromatic heterocycles. The summed E-state index contributed by atoms with van der Waals surface area (Å²) < 4.78 is 10.5. The van der Waals surface area contributed by atoms with E-state index in [0.29, 0.717) is 17.2 Å². The van der Waals surface area contributed by atoms with E-state index in [1.807, 2.05) is 6.07 Å². The van der Waals surface area contributed by atoms with Gasteiger partial charge in [-0.25, -0.2) is 4.79 Å². The molecule has 0 bridgehead atoms. The van der Waals surface area contributed by atoms with Gasteiger partial charge in [-0.05, 0) is 23.8 Å². The Bertz CT molecular complexity index is 763. The summed E-state index contributed by atoms with van der Waals surface area (Å²) >= 11 is 0. The third kappa shape index (κ3) is 3.49. The van der Waals surface area contributed by atoms with Crippen molar-refractivity contribution in [1.29, 1.82) is 0 Å². The van der Waals surface area contributed by atoms with Gasteiger partial charge in [0.1, 0.15) is 0 Å². The molecule has 118 valence electrons. The number of amides is 2. The quantitative estimate of drug-likeness (QED) is 0.667. The molecule has 8 nitrogen and oxygen atoms in total. The van der Waals surface area contributed by atoms with Crippen LogP contribution in [-0.2, 0) is 6.54 Å². The Balaban J connectivity index is 1.57. The van der Waals surface area contributed by atoms with Crippen LogP contribution in [0.15, 0.2) is 42.5 Å². The second-order valence-corrected chi connectivity index (χ2v) is 4.80. The lowest BCUT2D eigenvalue weighted by atomic mass is 10.2. The lowest BCUT2D eigenvalue weighted by Crippen LogP contribution is -2.28. The van der Waals surface area contributed by atoms with Gasteiger partial charge in [0.2, 0.25) is 6.79 Å². The van der Waals surface area contributed by atoms with Crippen LogP contribution in [0.3, 0.4) is 0 Å². The number of benzene rings is 2. The van der Waals surface area contributed by atoms with Gasteiger partial charge in [-0.15, -0.1) is 0 Å². The molecule has 8 heteroatoms. The Hall–Kier alpha value is -3.29. The van der Waals surface area contributed by atoms with Crippen molar-refractivity contribution in [2.45, 2.75) is 6.54 Å². The topological polar surface area (TPSA) is 103 Å². The van der Waals surface area contributed by atoms with Gasteiger partial charge in [-0.2, -0.15) is 0 Å². The van der Waals surface area contributed by atoms with E-state index in [-0.39, 0.29) is 19.0 Å². The number of carbonyl (C=O) groups excluding carboxylic acids is 1. The van der Waals surface area contributed by atoms with Crippen molar-refractivity contribution in [2.75, 3.05) is 12.1 Å². The number of anilines is 1. The highest BCUT2D eigenvalue weighted by molar-refractivity contribution is 5.89. The first-order valence-electron chi connectivity index (χ1n) is 6.79. The summed E-state index contributed by atoms with van der Waals surface area (Å²) in [6.07, 6.45) is 0. The van der Waals surface area contributed by atoms with Crippen LogP contribution in [0.25, 0.3) is 0 Å². The van der Waals surface area contributed by atoms with E-state index in [1.54, 1.807) is 18.2 Å². The standard InChI is InChI=1S/C15H13N3O5/c19-15(17-11-2-1-3-12(7-11)18(20)21)16-8-10-4-5-13-14(6-10)23-9-22-13/h1-7H,8-9H2,(H2,16,17,19). The van der Waals surface area contributed by atoms with E-state index in [1.165, 1.54) is 18.2 Å². The molecule has 0 saturated carbocycles.